The largest absolute Gasteiger partial charge is 0.496 e. The lowest BCUT2D eigenvalue weighted by Gasteiger charge is -2.14. The lowest BCUT2D eigenvalue weighted by Crippen LogP contribution is -2.25. The summed E-state index contributed by atoms with van der Waals surface area (Å²) in [6.45, 7) is 5.18. The zero-order valence-electron chi connectivity index (χ0n) is 10.2. The van der Waals surface area contributed by atoms with Gasteiger partial charge in [0.15, 0.2) is 0 Å². The van der Waals surface area contributed by atoms with E-state index in [1.165, 1.54) is 12.8 Å². The summed E-state index contributed by atoms with van der Waals surface area (Å²) in [7, 11) is 1.68. The fourth-order valence-electron chi connectivity index (χ4n) is 1.70. The van der Waals surface area contributed by atoms with E-state index in [-0.39, 0.29) is 0 Å². The van der Waals surface area contributed by atoms with Crippen LogP contribution in [-0.4, -0.2) is 13.2 Å². The molecule has 0 amide bonds. The fraction of sp³-hybridized carbons (Fsp3) is 0.538. The molecule has 0 aromatic heterocycles. The number of hydrogen-bond acceptors (Lipinski definition) is 2. The molecule has 16 heavy (non-hydrogen) atoms. The van der Waals surface area contributed by atoms with E-state index in [9.17, 15) is 0 Å². The summed E-state index contributed by atoms with van der Waals surface area (Å²) in [5, 5.41) is 4.21. The Hall–Kier alpha value is -0.730. The normalized spacial score (nSPS) is 12.5. The molecule has 0 aliphatic carbocycles. The van der Waals surface area contributed by atoms with E-state index in [0.717, 1.165) is 22.9 Å². The van der Waals surface area contributed by atoms with Gasteiger partial charge in [0.05, 0.1) is 7.11 Å². The fourth-order valence-corrected chi connectivity index (χ4v) is 1.90. The van der Waals surface area contributed by atoms with Gasteiger partial charge in [0, 0.05) is 23.2 Å². The Kier molecular flexibility index (Phi) is 5.64. The summed E-state index contributed by atoms with van der Waals surface area (Å²) in [5.41, 5.74) is 1.11. The van der Waals surface area contributed by atoms with E-state index in [0.29, 0.717) is 6.04 Å². The third-order valence-corrected chi connectivity index (χ3v) is 2.84. The molecule has 1 atom stereocenters. The Morgan fingerprint density at radius 3 is 2.81 bits per heavy atom. The molecule has 0 aliphatic heterocycles. The van der Waals surface area contributed by atoms with Gasteiger partial charge in [-0.15, -0.1) is 0 Å². The van der Waals surface area contributed by atoms with E-state index in [2.05, 4.69) is 19.2 Å². The monoisotopic (exact) mass is 241 g/mol. The summed E-state index contributed by atoms with van der Waals surface area (Å²) in [6, 6.07) is 6.23. The van der Waals surface area contributed by atoms with E-state index >= 15 is 0 Å². The average Bonchev–Trinajstić information content (AvgIpc) is 2.27. The van der Waals surface area contributed by atoms with Crippen LogP contribution >= 0.6 is 11.6 Å². The van der Waals surface area contributed by atoms with Crippen LogP contribution in [0, 0.1) is 0 Å². The molecular weight excluding hydrogens is 222 g/mol. The number of halogens is 1. The minimum atomic E-state index is 0.522. The van der Waals surface area contributed by atoms with Gasteiger partial charge in [-0.2, -0.15) is 0 Å². The van der Waals surface area contributed by atoms with E-state index < -0.39 is 0 Å². The average molecular weight is 242 g/mol. The van der Waals surface area contributed by atoms with E-state index in [4.69, 9.17) is 16.3 Å². The molecule has 3 heteroatoms. The van der Waals surface area contributed by atoms with Gasteiger partial charge < -0.3 is 10.1 Å². The van der Waals surface area contributed by atoms with Crippen molar-refractivity contribution in [2.45, 2.75) is 39.3 Å². The summed E-state index contributed by atoms with van der Waals surface area (Å²) in [6.07, 6.45) is 2.38. The Bertz CT molecular complexity index is 328. The van der Waals surface area contributed by atoms with Crippen LogP contribution in [-0.2, 0) is 6.54 Å². The molecule has 1 N–H and O–H groups in total. The summed E-state index contributed by atoms with van der Waals surface area (Å²) < 4.78 is 5.29. The Labute approximate surface area is 103 Å². The van der Waals surface area contributed by atoms with Crippen LogP contribution in [0.15, 0.2) is 18.2 Å². The third kappa shape index (κ3) is 4.03. The summed E-state index contributed by atoms with van der Waals surface area (Å²) in [5.74, 6) is 0.889. The molecule has 1 rings (SSSR count). The first-order chi connectivity index (χ1) is 7.67. The molecule has 90 valence electrons. The van der Waals surface area contributed by atoms with Crippen molar-refractivity contribution in [3.05, 3.63) is 28.8 Å². The Morgan fingerprint density at radius 1 is 1.44 bits per heavy atom. The number of rotatable bonds is 6. The lowest BCUT2D eigenvalue weighted by molar-refractivity contribution is 0.404. The predicted molar refractivity (Wildman–Crippen MR) is 69.2 cm³/mol. The minimum absolute atomic E-state index is 0.522. The molecule has 0 fully saturated rings. The van der Waals surface area contributed by atoms with E-state index in [1.54, 1.807) is 7.11 Å². The topological polar surface area (TPSA) is 21.3 Å². The number of nitrogens with one attached hydrogen (secondary N) is 1. The summed E-state index contributed by atoms with van der Waals surface area (Å²) in [4.78, 5) is 0. The van der Waals surface area contributed by atoms with Gasteiger partial charge in [-0.3, -0.25) is 0 Å². The summed E-state index contributed by atoms with van der Waals surface area (Å²) >= 11 is 5.97. The number of methoxy groups -OCH3 is 1. The van der Waals surface area contributed by atoms with Gasteiger partial charge in [-0.05, 0) is 31.5 Å². The first-order valence-corrected chi connectivity index (χ1v) is 6.11. The smallest absolute Gasteiger partial charge is 0.123 e. The van der Waals surface area contributed by atoms with Crippen molar-refractivity contribution in [2.75, 3.05) is 7.11 Å². The molecule has 1 aromatic carbocycles. The zero-order chi connectivity index (χ0) is 12.0. The molecule has 0 aliphatic rings. The maximum Gasteiger partial charge on any atom is 0.123 e. The highest BCUT2D eigenvalue weighted by Crippen LogP contribution is 2.22. The highest BCUT2D eigenvalue weighted by Gasteiger charge is 2.05. The molecule has 0 saturated heterocycles. The number of ether oxygens (including phenoxy) is 1. The second-order valence-electron chi connectivity index (χ2n) is 4.03. The molecule has 0 spiro atoms. The van der Waals surface area contributed by atoms with Crippen LogP contribution in [0.3, 0.4) is 0 Å². The maximum absolute atomic E-state index is 5.97. The highest BCUT2D eigenvalue weighted by molar-refractivity contribution is 6.30. The van der Waals surface area contributed by atoms with Gasteiger partial charge >= 0.3 is 0 Å². The van der Waals surface area contributed by atoms with Crippen molar-refractivity contribution in [1.29, 1.82) is 0 Å². The van der Waals surface area contributed by atoms with Crippen molar-refractivity contribution in [1.82, 2.24) is 5.32 Å². The van der Waals surface area contributed by atoms with Crippen LogP contribution in [0.25, 0.3) is 0 Å². The van der Waals surface area contributed by atoms with E-state index in [1.807, 2.05) is 18.2 Å². The standard InChI is InChI=1S/C13H20ClNO/c1-4-5-10(2)15-9-11-8-12(14)6-7-13(11)16-3/h6-8,10,15H,4-5,9H2,1-3H3. The lowest BCUT2D eigenvalue weighted by atomic mass is 10.1. The molecule has 0 bridgehead atoms. The van der Waals surface area contributed by atoms with Crippen molar-refractivity contribution < 1.29 is 4.74 Å². The van der Waals surface area contributed by atoms with Crippen molar-refractivity contribution >= 4 is 11.6 Å². The van der Waals surface area contributed by atoms with Crippen molar-refractivity contribution in [3.8, 4) is 5.75 Å². The first-order valence-electron chi connectivity index (χ1n) is 5.73. The van der Waals surface area contributed by atoms with Crippen LogP contribution in [0.2, 0.25) is 5.02 Å². The van der Waals surface area contributed by atoms with Crippen LogP contribution in [0.4, 0.5) is 0 Å². The van der Waals surface area contributed by atoms with Crippen molar-refractivity contribution in [3.63, 3.8) is 0 Å². The predicted octanol–water partition coefficient (Wildman–Crippen LogP) is 3.63. The number of benzene rings is 1. The molecule has 0 saturated carbocycles. The number of hydrogen-bond donors (Lipinski definition) is 1. The third-order valence-electron chi connectivity index (χ3n) is 2.61. The van der Waals surface area contributed by atoms with Crippen LogP contribution < -0.4 is 10.1 Å². The first kappa shape index (κ1) is 13.3. The molecule has 2 nitrogen and oxygen atoms in total. The Balaban J connectivity index is 2.61. The van der Waals surface area contributed by atoms with Crippen LogP contribution in [0.5, 0.6) is 5.75 Å². The zero-order valence-corrected chi connectivity index (χ0v) is 11.0. The maximum atomic E-state index is 5.97. The van der Waals surface area contributed by atoms with Gasteiger partial charge in [0.1, 0.15) is 5.75 Å². The molecular formula is C13H20ClNO. The molecule has 0 heterocycles. The highest BCUT2D eigenvalue weighted by atomic mass is 35.5. The van der Waals surface area contributed by atoms with Gasteiger partial charge in [0.25, 0.3) is 0 Å². The van der Waals surface area contributed by atoms with Crippen molar-refractivity contribution in [2.24, 2.45) is 0 Å². The minimum Gasteiger partial charge on any atom is -0.496 e. The molecule has 1 aromatic rings. The quantitative estimate of drug-likeness (QED) is 0.821. The second-order valence-corrected chi connectivity index (χ2v) is 4.46. The van der Waals surface area contributed by atoms with Crippen LogP contribution in [0.1, 0.15) is 32.3 Å². The van der Waals surface area contributed by atoms with Gasteiger partial charge in [-0.25, -0.2) is 0 Å². The molecule has 1 unspecified atom stereocenters. The second kappa shape index (κ2) is 6.77. The van der Waals surface area contributed by atoms with Gasteiger partial charge in [-0.1, -0.05) is 24.9 Å². The Morgan fingerprint density at radius 2 is 2.19 bits per heavy atom. The van der Waals surface area contributed by atoms with Gasteiger partial charge in [0.2, 0.25) is 0 Å². The SMILES string of the molecule is CCCC(C)NCc1cc(Cl)ccc1OC. The molecule has 0 radical (unpaired) electrons.